The van der Waals surface area contributed by atoms with Gasteiger partial charge in [0, 0.05) is 12.5 Å². The molecule has 2 aromatic rings. The molecule has 0 aliphatic carbocycles. The third-order valence-corrected chi connectivity index (χ3v) is 4.85. The van der Waals surface area contributed by atoms with Crippen molar-refractivity contribution in [3.05, 3.63) is 65.5 Å². The van der Waals surface area contributed by atoms with Gasteiger partial charge in [-0.3, -0.25) is 0 Å². The normalized spacial score (nSPS) is 16.0. The molecular weight excluding hydrogens is 395 g/mol. The number of benzene rings is 2. The predicted octanol–water partition coefficient (Wildman–Crippen LogP) is 5.13. The molecule has 0 saturated carbocycles. The van der Waals surface area contributed by atoms with Crippen molar-refractivity contribution in [2.45, 2.75) is 38.7 Å². The quantitative estimate of drug-likeness (QED) is 0.603. The van der Waals surface area contributed by atoms with Gasteiger partial charge in [0.15, 0.2) is 0 Å². The largest absolute Gasteiger partial charge is 0.435 e. The fourth-order valence-corrected chi connectivity index (χ4v) is 3.31. The summed E-state index contributed by atoms with van der Waals surface area (Å²) in [6.45, 7) is 0.0488. The maximum atomic E-state index is 13.4. The number of hydrogen-bond acceptors (Lipinski definition) is 3. The van der Waals surface area contributed by atoms with Crippen LogP contribution in [0, 0.1) is 5.82 Å². The van der Waals surface area contributed by atoms with E-state index in [0.717, 1.165) is 24.8 Å². The summed E-state index contributed by atoms with van der Waals surface area (Å²) in [5, 5.41) is 8.70. The van der Waals surface area contributed by atoms with Crippen LogP contribution in [0.3, 0.4) is 0 Å². The number of amides is 2. The first-order valence-corrected chi connectivity index (χ1v) is 9.92. The number of nitrogens with zero attached hydrogens (tertiary/aromatic N) is 2. The van der Waals surface area contributed by atoms with Gasteiger partial charge in [-0.15, -0.1) is 0 Å². The molecule has 8 heteroatoms. The lowest BCUT2D eigenvalue weighted by atomic mass is 9.90. The number of rotatable bonds is 8. The maximum absolute atomic E-state index is 13.4. The Morgan fingerprint density at radius 1 is 1.17 bits per heavy atom. The van der Waals surface area contributed by atoms with E-state index < -0.39 is 6.61 Å². The zero-order valence-electron chi connectivity index (χ0n) is 16.7. The van der Waals surface area contributed by atoms with E-state index in [1.807, 2.05) is 0 Å². The Hall–Kier alpha value is -3.03. The van der Waals surface area contributed by atoms with Crippen LogP contribution in [0.5, 0.6) is 5.75 Å². The predicted molar refractivity (Wildman–Crippen MR) is 108 cm³/mol. The van der Waals surface area contributed by atoms with Crippen molar-refractivity contribution in [3.63, 3.8) is 0 Å². The minimum absolute atomic E-state index is 0.0382. The standard InChI is InChI=1S/C22H24F3N3O2/c1-2-3-4-13-26-22(29)28-14-19(15-5-9-17(23)10-6-15)20(27-28)16-7-11-18(12-8-16)30-21(24)25/h5-12,19,21H,2-4,13-14H2,1H3,(H,26,29). The number of alkyl halides is 2. The van der Waals surface area contributed by atoms with Gasteiger partial charge in [0.1, 0.15) is 11.6 Å². The first-order valence-electron chi connectivity index (χ1n) is 9.92. The van der Waals surface area contributed by atoms with Gasteiger partial charge in [0.2, 0.25) is 0 Å². The zero-order chi connectivity index (χ0) is 21.5. The van der Waals surface area contributed by atoms with Crippen molar-refractivity contribution < 1.29 is 22.7 Å². The van der Waals surface area contributed by atoms with Gasteiger partial charge in [-0.05, 0) is 53.9 Å². The Bertz CT molecular complexity index is 870. The molecule has 0 spiro atoms. The number of urea groups is 1. The van der Waals surface area contributed by atoms with Crippen LogP contribution in [0.1, 0.15) is 43.2 Å². The van der Waals surface area contributed by atoms with Crippen molar-refractivity contribution in [2.24, 2.45) is 5.10 Å². The van der Waals surface area contributed by atoms with Gasteiger partial charge in [-0.25, -0.2) is 14.2 Å². The molecule has 0 fully saturated rings. The Labute approximate surface area is 173 Å². The Morgan fingerprint density at radius 2 is 1.87 bits per heavy atom. The fourth-order valence-electron chi connectivity index (χ4n) is 3.31. The van der Waals surface area contributed by atoms with Gasteiger partial charge in [-0.1, -0.05) is 31.9 Å². The lowest BCUT2D eigenvalue weighted by Crippen LogP contribution is -2.36. The van der Waals surface area contributed by atoms with E-state index in [2.05, 4.69) is 22.1 Å². The van der Waals surface area contributed by atoms with Crippen molar-refractivity contribution in [2.75, 3.05) is 13.1 Å². The molecule has 30 heavy (non-hydrogen) atoms. The summed E-state index contributed by atoms with van der Waals surface area (Å²) in [5.74, 6) is -0.584. The van der Waals surface area contributed by atoms with Crippen LogP contribution in [0.15, 0.2) is 53.6 Å². The number of unbranched alkanes of at least 4 members (excludes halogenated alkanes) is 2. The smallest absolute Gasteiger partial charge is 0.387 e. The van der Waals surface area contributed by atoms with Gasteiger partial charge in [0.05, 0.1) is 12.3 Å². The molecule has 1 N–H and O–H groups in total. The Morgan fingerprint density at radius 3 is 2.50 bits per heavy atom. The number of carbonyl (C=O) groups excluding carboxylic acids is 1. The van der Waals surface area contributed by atoms with Crippen molar-refractivity contribution >= 4 is 11.7 Å². The van der Waals surface area contributed by atoms with Crippen molar-refractivity contribution in [1.82, 2.24) is 10.3 Å². The topological polar surface area (TPSA) is 53.9 Å². The van der Waals surface area contributed by atoms with Crippen LogP contribution in [0.25, 0.3) is 0 Å². The van der Waals surface area contributed by atoms with E-state index in [-0.39, 0.29) is 23.5 Å². The monoisotopic (exact) mass is 419 g/mol. The van der Waals surface area contributed by atoms with E-state index in [1.54, 1.807) is 24.3 Å². The average molecular weight is 419 g/mol. The van der Waals surface area contributed by atoms with Gasteiger partial charge in [-0.2, -0.15) is 13.9 Å². The van der Waals surface area contributed by atoms with Gasteiger partial charge < -0.3 is 10.1 Å². The molecule has 5 nitrogen and oxygen atoms in total. The second-order valence-corrected chi connectivity index (χ2v) is 7.01. The summed E-state index contributed by atoms with van der Waals surface area (Å²) in [7, 11) is 0. The molecule has 3 rings (SSSR count). The minimum atomic E-state index is -2.90. The molecule has 1 unspecified atom stereocenters. The second kappa shape index (κ2) is 10.1. The number of hydrogen-bond donors (Lipinski definition) is 1. The Balaban J connectivity index is 1.82. The summed E-state index contributed by atoms with van der Waals surface area (Å²) in [5.41, 5.74) is 2.09. The van der Waals surface area contributed by atoms with Crippen LogP contribution < -0.4 is 10.1 Å². The summed E-state index contributed by atoms with van der Waals surface area (Å²) >= 11 is 0. The molecule has 2 amide bonds. The molecule has 0 bridgehead atoms. The van der Waals surface area contributed by atoms with E-state index in [1.165, 1.54) is 29.3 Å². The molecule has 1 aliphatic rings. The number of ether oxygens (including phenoxy) is 1. The van der Waals surface area contributed by atoms with Crippen LogP contribution in [0.2, 0.25) is 0 Å². The SMILES string of the molecule is CCCCCNC(=O)N1CC(c2ccc(F)cc2)C(c2ccc(OC(F)F)cc2)=N1. The van der Waals surface area contributed by atoms with Crippen LogP contribution in [-0.2, 0) is 0 Å². The molecule has 0 radical (unpaired) electrons. The third kappa shape index (κ3) is 5.52. The van der Waals surface area contributed by atoms with E-state index >= 15 is 0 Å². The summed E-state index contributed by atoms with van der Waals surface area (Å²) in [4.78, 5) is 12.5. The van der Waals surface area contributed by atoms with E-state index in [0.29, 0.717) is 24.4 Å². The molecule has 1 aliphatic heterocycles. The summed E-state index contributed by atoms with van der Waals surface area (Å²) < 4.78 is 42.6. The third-order valence-electron chi connectivity index (χ3n) is 4.85. The minimum Gasteiger partial charge on any atom is -0.435 e. The van der Waals surface area contributed by atoms with Crippen LogP contribution in [-0.4, -0.2) is 36.5 Å². The molecule has 0 saturated heterocycles. The van der Waals surface area contributed by atoms with Gasteiger partial charge >= 0.3 is 12.6 Å². The highest BCUT2D eigenvalue weighted by atomic mass is 19.3. The molecular formula is C22H24F3N3O2. The second-order valence-electron chi connectivity index (χ2n) is 7.01. The van der Waals surface area contributed by atoms with E-state index in [9.17, 15) is 18.0 Å². The first kappa shape index (κ1) is 21.7. The number of carbonyl (C=O) groups is 1. The van der Waals surface area contributed by atoms with Crippen molar-refractivity contribution in [3.8, 4) is 5.75 Å². The number of hydrazone groups is 1. The highest BCUT2D eigenvalue weighted by molar-refractivity contribution is 6.07. The number of halogens is 3. The lowest BCUT2D eigenvalue weighted by molar-refractivity contribution is -0.0498. The van der Waals surface area contributed by atoms with Crippen molar-refractivity contribution in [1.29, 1.82) is 0 Å². The molecule has 2 aromatic carbocycles. The zero-order valence-corrected chi connectivity index (χ0v) is 16.7. The Kier molecular flexibility index (Phi) is 7.32. The molecule has 0 aromatic heterocycles. The maximum Gasteiger partial charge on any atom is 0.387 e. The highest BCUT2D eigenvalue weighted by Crippen LogP contribution is 2.30. The van der Waals surface area contributed by atoms with Crippen LogP contribution in [0.4, 0.5) is 18.0 Å². The molecule has 1 atom stereocenters. The molecule has 1 heterocycles. The summed E-state index contributed by atoms with van der Waals surface area (Å²) in [6, 6.07) is 11.8. The molecule has 160 valence electrons. The van der Waals surface area contributed by atoms with Gasteiger partial charge in [0.25, 0.3) is 0 Å². The van der Waals surface area contributed by atoms with Crippen LogP contribution >= 0.6 is 0 Å². The first-order chi connectivity index (χ1) is 14.5. The summed E-state index contributed by atoms with van der Waals surface area (Å²) in [6.07, 6.45) is 2.97. The average Bonchev–Trinajstić information content (AvgIpc) is 3.17. The lowest BCUT2D eigenvalue weighted by Gasteiger charge is -2.16. The number of nitrogens with one attached hydrogen (secondary N) is 1. The fraction of sp³-hybridized carbons (Fsp3) is 0.364. The highest BCUT2D eigenvalue weighted by Gasteiger charge is 2.32. The van der Waals surface area contributed by atoms with E-state index in [4.69, 9.17) is 0 Å².